The summed E-state index contributed by atoms with van der Waals surface area (Å²) in [7, 11) is -9.68. The molecule has 8 N–H and O–H groups in total. The molecule has 0 rings (SSSR count). The Hall–Kier alpha value is -0.840. The van der Waals surface area contributed by atoms with E-state index in [0.29, 0.717) is 4.90 Å². The molecule has 21 heavy (non-hydrogen) atoms. The van der Waals surface area contributed by atoms with Crippen LogP contribution in [-0.2, 0) is 18.7 Å². The Morgan fingerprint density at radius 1 is 0.952 bits per heavy atom. The van der Waals surface area contributed by atoms with Crippen molar-refractivity contribution in [3.8, 4) is 0 Å². The molecule has 14 heteroatoms. The molecule has 2 atom stereocenters. The summed E-state index contributed by atoms with van der Waals surface area (Å²) in [6.45, 7) is 0. The van der Waals surface area contributed by atoms with Crippen molar-refractivity contribution in [3.63, 3.8) is 0 Å². The van der Waals surface area contributed by atoms with Crippen molar-refractivity contribution in [1.82, 2.24) is 4.90 Å². The fourth-order valence-electron chi connectivity index (χ4n) is 1.46. The summed E-state index contributed by atoms with van der Waals surface area (Å²) in [5.41, 5.74) is 5.14. The first-order valence-electron chi connectivity index (χ1n) is 5.27. The summed E-state index contributed by atoms with van der Waals surface area (Å²) in [5.74, 6) is -3.28. The number of hydrogen-bond acceptors (Lipinski definition) is 6. The van der Waals surface area contributed by atoms with Gasteiger partial charge in [0.25, 0.3) is 0 Å². The van der Waals surface area contributed by atoms with Crippen LogP contribution in [0.15, 0.2) is 0 Å². The quantitative estimate of drug-likeness (QED) is 0.220. The standard InChI is InChI=1S/C7H16N2O10P2/c8-4(6(10)11)1-5(7(12)13)9(2-20(14,15)16)3-21(17,18)19/h4-5H,1-3,8H2,(H,10,11)(H,12,13)(H2,14,15,16)(H2,17,18,19). The van der Waals surface area contributed by atoms with Gasteiger partial charge in [0.1, 0.15) is 24.7 Å². The predicted octanol–water partition coefficient (Wildman–Crippen LogP) is -2.19. The van der Waals surface area contributed by atoms with Crippen molar-refractivity contribution < 1.29 is 48.5 Å². The summed E-state index contributed by atoms with van der Waals surface area (Å²) in [6.07, 6.45) is -3.31. The van der Waals surface area contributed by atoms with E-state index < -0.39 is 58.2 Å². The minimum atomic E-state index is -4.84. The van der Waals surface area contributed by atoms with E-state index in [1.54, 1.807) is 0 Å². The number of nitrogens with two attached hydrogens (primary N) is 1. The van der Waals surface area contributed by atoms with Crippen LogP contribution in [0.4, 0.5) is 0 Å². The number of carboxylic acids is 2. The Morgan fingerprint density at radius 3 is 1.57 bits per heavy atom. The molecule has 0 heterocycles. The predicted molar refractivity (Wildman–Crippen MR) is 67.3 cm³/mol. The molecule has 0 saturated heterocycles. The van der Waals surface area contributed by atoms with Gasteiger partial charge in [-0.25, -0.2) is 0 Å². The van der Waals surface area contributed by atoms with Crippen molar-refractivity contribution in [2.24, 2.45) is 5.73 Å². The molecule has 0 radical (unpaired) electrons. The molecular weight excluding hydrogens is 334 g/mol. The number of carboxylic acid groups (broad SMARTS) is 2. The molecule has 0 aromatic rings. The number of hydrogen-bond donors (Lipinski definition) is 7. The van der Waals surface area contributed by atoms with Crippen LogP contribution in [0, 0.1) is 0 Å². The van der Waals surface area contributed by atoms with Crippen molar-refractivity contribution in [2.75, 3.05) is 12.6 Å². The molecule has 0 aromatic heterocycles. The van der Waals surface area contributed by atoms with Crippen molar-refractivity contribution in [2.45, 2.75) is 18.5 Å². The second kappa shape index (κ2) is 7.43. The molecule has 2 unspecified atom stereocenters. The highest BCUT2D eigenvalue weighted by molar-refractivity contribution is 7.52. The Kier molecular flexibility index (Phi) is 7.13. The summed E-state index contributed by atoms with van der Waals surface area (Å²) in [6, 6.07) is -3.56. The van der Waals surface area contributed by atoms with Crippen LogP contribution in [-0.4, -0.2) is 71.3 Å². The van der Waals surface area contributed by atoms with Crippen LogP contribution in [0.25, 0.3) is 0 Å². The largest absolute Gasteiger partial charge is 0.480 e. The number of nitrogens with zero attached hydrogens (tertiary/aromatic N) is 1. The zero-order valence-electron chi connectivity index (χ0n) is 10.5. The van der Waals surface area contributed by atoms with Crippen LogP contribution in [0.5, 0.6) is 0 Å². The maximum Gasteiger partial charge on any atom is 0.339 e. The van der Waals surface area contributed by atoms with Gasteiger partial charge in [0, 0.05) is 0 Å². The summed E-state index contributed by atoms with van der Waals surface area (Å²) >= 11 is 0. The summed E-state index contributed by atoms with van der Waals surface area (Å²) in [4.78, 5) is 57.3. The Morgan fingerprint density at radius 2 is 1.33 bits per heavy atom. The first-order valence-corrected chi connectivity index (χ1v) is 8.87. The normalized spacial score (nSPS) is 15.7. The summed E-state index contributed by atoms with van der Waals surface area (Å²) < 4.78 is 21.9. The Bertz CT molecular complexity index is 460. The average Bonchev–Trinajstić information content (AvgIpc) is 2.19. The maximum atomic E-state index is 11.1. The third-order valence-corrected chi connectivity index (χ3v) is 3.72. The average molecular weight is 350 g/mol. The molecule has 0 amide bonds. The van der Waals surface area contributed by atoms with Gasteiger partial charge in [0.2, 0.25) is 0 Å². The third kappa shape index (κ3) is 8.91. The van der Waals surface area contributed by atoms with Gasteiger partial charge >= 0.3 is 27.1 Å². The molecule has 0 spiro atoms. The molecule has 0 aliphatic carbocycles. The van der Waals surface area contributed by atoms with Crippen molar-refractivity contribution in [3.05, 3.63) is 0 Å². The molecule has 0 aliphatic rings. The van der Waals surface area contributed by atoms with Crippen LogP contribution >= 0.6 is 15.2 Å². The Labute approximate surface area is 118 Å². The molecule has 0 saturated carbocycles. The lowest BCUT2D eigenvalue weighted by atomic mass is 10.1. The molecule has 0 aliphatic heterocycles. The van der Waals surface area contributed by atoms with E-state index in [-0.39, 0.29) is 0 Å². The smallest absolute Gasteiger partial charge is 0.339 e. The maximum absolute atomic E-state index is 11.1. The van der Waals surface area contributed by atoms with E-state index >= 15 is 0 Å². The number of rotatable bonds is 9. The minimum Gasteiger partial charge on any atom is -0.480 e. The lowest BCUT2D eigenvalue weighted by Crippen LogP contribution is -2.47. The monoisotopic (exact) mass is 350 g/mol. The molecule has 124 valence electrons. The zero-order chi connectivity index (χ0) is 17.0. The second-order valence-corrected chi connectivity index (χ2v) is 7.46. The van der Waals surface area contributed by atoms with Gasteiger partial charge < -0.3 is 35.5 Å². The van der Waals surface area contributed by atoms with Crippen LogP contribution < -0.4 is 5.73 Å². The van der Waals surface area contributed by atoms with Gasteiger partial charge in [0.05, 0.1) is 0 Å². The molecule has 12 nitrogen and oxygen atoms in total. The molecule has 0 fully saturated rings. The van der Waals surface area contributed by atoms with Gasteiger partial charge in [-0.15, -0.1) is 0 Å². The van der Waals surface area contributed by atoms with E-state index in [0.717, 1.165) is 0 Å². The fourth-order valence-corrected chi connectivity index (χ4v) is 3.16. The van der Waals surface area contributed by atoms with E-state index in [2.05, 4.69) is 0 Å². The van der Waals surface area contributed by atoms with Gasteiger partial charge in [-0.2, -0.15) is 0 Å². The second-order valence-electron chi connectivity index (χ2n) is 4.24. The molecule has 0 bridgehead atoms. The highest BCUT2D eigenvalue weighted by atomic mass is 31.2. The lowest BCUT2D eigenvalue weighted by molar-refractivity contribution is -0.144. The molecule has 0 aromatic carbocycles. The van der Waals surface area contributed by atoms with Crippen molar-refractivity contribution >= 4 is 27.1 Å². The van der Waals surface area contributed by atoms with Gasteiger partial charge in [-0.1, -0.05) is 0 Å². The van der Waals surface area contributed by atoms with Crippen molar-refractivity contribution in [1.29, 1.82) is 0 Å². The SMILES string of the molecule is NC(CC(C(=O)O)N(CP(=O)(O)O)CP(=O)(O)O)C(=O)O. The lowest BCUT2D eigenvalue weighted by Gasteiger charge is -2.29. The van der Waals surface area contributed by atoms with Gasteiger partial charge in [-0.3, -0.25) is 23.6 Å². The zero-order valence-corrected chi connectivity index (χ0v) is 12.3. The van der Waals surface area contributed by atoms with E-state index in [4.69, 9.17) is 35.5 Å². The highest BCUT2D eigenvalue weighted by Crippen LogP contribution is 2.42. The summed E-state index contributed by atoms with van der Waals surface area (Å²) in [5, 5.41) is 17.6. The van der Waals surface area contributed by atoms with Crippen LogP contribution in [0.2, 0.25) is 0 Å². The number of carbonyl (C=O) groups is 2. The van der Waals surface area contributed by atoms with Crippen LogP contribution in [0.3, 0.4) is 0 Å². The van der Waals surface area contributed by atoms with E-state index in [1.807, 2.05) is 0 Å². The Balaban J connectivity index is 5.37. The topological polar surface area (TPSA) is 219 Å². The third-order valence-electron chi connectivity index (χ3n) is 2.25. The highest BCUT2D eigenvalue weighted by Gasteiger charge is 2.36. The van der Waals surface area contributed by atoms with Crippen LogP contribution in [0.1, 0.15) is 6.42 Å². The first-order chi connectivity index (χ1) is 9.23. The van der Waals surface area contributed by atoms with Gasteiger partial charge in [0.15, 0.2) is 0 Å². The van der Waals surface area contributed by atoms with E-state index in [1.165, 1.54) is 0 Å². The first kappa shape index (κ1) is 20.2. The molecular formula is C7H16N2O10P2. The minimum absolute atomic E-state index is 0.312. The van der Waals surface area contributed by atoms with Gasteiger partial charge in [-0.05, 0) is 6.42 Å². The van der Waals surface area contributed by atoms with E-state index in [9.17, 15) is 18.7 Å². The fraction of sp³-hybridized carbons (Fsp3) is 0.714. The number of aliphatic carboxylic acids is 2.